The molecule has 2 aliphatic rings. The molecule has 0 aromatic carbocycles. The zero-order chi connectivity index (χ0) is 10.8. The zero-order valence-electron chi connectivity index (χ0n) is 9.87. The quantitative estimate of drug-likeness (QED) is 0.533. The first kappa shape index (κ1) is 10.8. The fourth-order valence-corrected chi connectivity index (χ4v) is 2.18. The van der Waals surface area contributed by atoms with Crippen molar-refractivity contribution in [1.29, 1.82) is 0 Å². The lowest BCUT2D eigenvalue weighted by Gasteiger charge is -2.06. The Morgan fingerprint density at radius 3 is 2.80 bits per heavy atom. The van der Waals surface area contributed by atoms with Crippen LogP contribution in [-0.4, -0.2) is 19.0 Å². The van der Waals surface area contributed by atoms with Gasteiger partial charge in [-0.05, 0) is 42.9 Å². The van der Waals surface area contributed by atoms with Gasteiger partial charge in [-0.3, -0.25) is 4.99 Å². The van der Waals surface area contributed by atoms with E-state index < -0.39 is 0 Å². The van der Waals surface area contributed by atoms with Gasteiger partial charge < -0.3 is 11.1 Å². The third kappa shape index (κ3) is 3.40. The lowest BCUT2D eigenvalue weighted by Crippen LogP contribution is -2.33. The summed E-state index contributed by atoms with van der Waals surface area (Å²) in [5, 5.41) is 3.24. The van der Waals surface area contributed by atoms with Gasteiger partial charge in [0.15, 0.2) is 5.96 Å². The fraction of sp³-hybridized carbons (Fsp3) is 0.917. The van der Waals surface area contributed by atoms with E-state index in [0.29, 0.717) is 11.9 Å². The third-order valence-electron chi connectivity index (χ3n) is 3.38. The summed E-state index contributed by atoms with van der Waals surface area (Å²) in [6.45, 7) is 6.17. The van der Waals surface area contributed by atoms with Crippen LogP contribution in [0.1, 0.15) is 33.1 Å². The van der Waals surface area contributed by atoms with Gasteiger partial charge in [0.05, 0.1) is 0 Å². The number of guanidine groups is 1. The van der Waals surface area contributed by atoms with E-state index in [0.717, 1.165) is 30.8 Å². The summed E-state index contributed by atoms with van der Waals surface area (Å²) < 4.78 is 0. The Kier molecular flexibility index (Phi) is 3.17. The lowest BCUT2D eigenvalue weighted by molar-refractivity contribution is 0.611. The normalized spacial score (nSPS) is 30.7. The number of rotatable bonds is 5. The molecule has 0 heterocycles. The molecule has 2 fully saturated rings. The molecule has 0 aromatic heterocycles. The summed E-state index contributed by atoms with van der Waals surface area (Å²) in [7, 11) is 0. The molecular weight excluding hydrogens is 186 g/mol. The maximum atomic E-state index is 5.77. The Morgan fingerprint density at radius 2 is 2.20 bits per heavy atom. The maximum absolute atomic E-state index is 5.77. The highest BCUT2D eigenvalue weighted by molar-refractivity contribution is 5.77. The molecule has 86 valence electrons. The van der Waals surface area contributed by atoms with Gasteiger partial charge >= 0.3 is 0 Å². The molecule has 3 heteroatoms. The smallest absolute Gasteiger partial charge is 0.188 e. The summed E-state index contributed by atoms with van der Waals surface area (Å²) in [5.41, 5.74) is 5.77. The Labute approximate surface area is 92.5 Å². The molecule has 0 radical (unpaired) electrons. The van der Waals surface area contributed by atoms with Crippen molar-refractivity contribution in [2.24, 2.45) is 34.4 Å². The molecule has 3 N–H and O–H groups in total. The SMILES string of the molecule is CC(C)CN=C(N)NC[C@@H]1C[C@H]1C1CC1. The molecule has 0 aliphatic heterocycles. The van der Waals surface area contributed by atoms with E-state index in [1.807, 2.05) is 0 Å². The molecule has 2 saturated carbocycles. The second-order valence-electron chi connectivity index (χ2n) is 5.50. The molecule has 0 spiro atoms. The van der Waals surface area contributed by atoms with Crippen LogP contribution in [0.15, 0.2) is 4.99 Å². The Morgan fingerprint density at radius 1 is 1.47 bits per heavy atom. The van der Waals surface area contributed by atoms with E-state index in [-0.39, 0.29) is 0 Å². The third-order valence-corrected chi connectivity index (χ3v) is 3.38. The number of nitrogens with one attached hydrogen (secondary N) is 1. The molecule has 2 aliphatic carbocycles. The Balaban J connectivity index is 1.59. The molecule has 0 unspecified atom stereocenters. The van der Waals surface area contributed by atoms with Crippen LogP contribution in [-0.2, 0) is 0 Å². The van der Waals surface area contributed by atoms with Gasteiger partial charge in [-0.15, -0.1) is 0 Å². The first-order valence-electron chi connectivity index (χ1n) is 6.20. The minimum absolute atomic E-state index is 0.588. The molecule has 15 heavy (non-hydrogen) atoms. The average molecular weight is 209 g/mol. The maximum Gasteiger partial charge on any atom is 0.188 e. The summed E-state index contributed by atoms with van der Waals surface area (Å²) in [6.07, 6.45) is 4.35. The first-order chi connectivity index (χ1) is 7.16. The van der Waals surface area contributed by atoms with Crippen molar-refractivity contribution >= 4 is 5.96 Å². The van der Waals surface area contributed by atoms with Gasteiger partial charge in [0, 0.05) is 13.1 Å². The highest BCUT2D eigenvalue weighted by Crippen LogP contribution is 2.53. The largest absolute Gasteiger partial charge is 0.370 e. The van der Waals surface area contributed by atoms with E-state index in [1.165, 1.54) is 19.3 Å². The van der Waals surface area contributed by atoms with E-state index >= 15 is 0 Å². The highest BCUT2D eigenvalue weighted by Gasteiger charge is 2.46. The van der Waals surface area contributed by atoms with Crippen LogP contribution in [0.3, 0.4) is 0 Å². The number of hydrogen-bond donors (Lipinski definition) is 2. The summed E-state index contributed by atoms with van der Waals surface area (Å²) in [4.78, 5) is 4.29. The van der Waals surface area contributed by atoms with E-state index in [1.54, 1.807) is 0 Å². The topological polar surface area (TPSA) is 50.4 Å². The summed E-state index contributed by atoms with van der Waals surface area (Å²) in [6, 6.07) is 0. The molecule has 2 rings (SSSR count). The van der Waals surface area contributed by atoms with Crippen molar-refractivity contribution in [3.8, 4) is 0 Å². The molecular formula is C12H23N3. The summed E-state index contributed by atoms with van der Waals surface area (Å²) >= 11 is 0. The van der Waals surface area contributed by atoms with Crippen LogP contribution in [0, 0.1) is 23.7 Å². The van der Waals surface area contributed by atoms with Gasteiger partial charge in [-0.2, -0.15) is 0 Å². The van der Waals surface area contributed by atoms with Crippen LogP contribution in [0.5, 0.6) is 0 Å². The van der Waals surface area contributed by atoms with Crippen LogP contribution >= 0.6 is 0 Å². The Hall–Kier alpha value is -0.730. The van der Waals surface area contributed by atoms with Crippen molar-refractivity contribution in [2.75, 3.05) is 13.1 Å². The van der Waals surface area contributed by atoms with Crippen molar-refractivity contribution in [2.45, 2.75) is 33.1 Å². The lowest BCUT2D eigenvalue weighted by atomic mass is 10.2. The monoisotopic (exact) mass is 209 g/mol. The number of nitrogens with two attached hydrogens (primary N) is 1. The van der Waals surface area contributed by atoms with Crippen molar-refractivity contribution in [3.63, 3.8) is 0 Å². The molecule has 0 amide bonds. The van der Waals surface area contributed by atoms with Crippen LogP contribution < -0.4 is 11.1 Å². The van der Waals surface area contributed by atoms with Gasteiger partial charge in [0.25, 0.3) is 0 Å². The highest BCUT2D eigenvalue weighted by atomic mass is 15.1. The van der Waals surface area contributed by atoms with Crippen molar-refractivity contribution < 1.29 is 0 Å². The first-order valence-corrected chi connectivity index (χ1v) is 6.20. The van der Waals surface area contributed by atoms with E-state index in [4.69, 9.17) is 5.73 Å². The van der Waals surface area contributed by atoms with E-state index in [2.05, 4.69) is 24.2 Å². The van der Waals surface area contributed by atoms with Crippen molar-refractivity contribution in [1.82, 2.24) is 5.32 Å². The molecule has 3 nitrogen and oxygen atoms in total. The van der Waals surface area contributed by atoms with E-state index in [9.17, 15) is 0 Å². The minimum Gasteiger partial charge on any atom is -0.370 e. The van der Waals surface area contributed by atoms with Crippen LogP contribution in [0.25, 0.3) is 0 Å². The molecule has 0 aromatic rings. The molecule has 0 saturated heterocycles. The van der Waals surface area contributed by atoms with Crippen LogP contribution in [0.2, 0.25) is 0 Å². The van der Waals surface area contributed by atoms with Gasteiger partial charge in [0.2, 0.25) is 0 Å². The number of aliphatic imine (C=N–C) groups is 1. The number of hydrogen-bond acceptors (Lipinski definition) is 1. The van der Waals surface area contributed by atoms with Crippen LogP contribution in [0.4, 0.5) is 0 Å². The summed E-state index contributed by atoms with van der Waals surface area (Å²) in [5.74, 6) is 4.17. The Bertz CT molecular complexity index is 243. The van der Waals surface area contributed by atoms with Gasteiger partial charge in [0.1, 0.15) is 0 Å². The number of nitrogens with zero attached hydrogens (tertiary/aromatic N) is 1. The second kappa shape index (κ2) is 4.42. The predicted octanol–water partition coefficient (Wildman–Crippen LogP) is 1.59. The minimum atomic E-state index is 0.588. The average Bonchev–Trinajstić information content (AvgIpc) is 2.99. The molecule has 0 bridgehead atoms. The fourth-order valence-electron chi connectivity index (χ4n) is 2.18. The van der Waals surface area contributed by atoms with Crippen molar-refractivity contribution in [3.05, 3.63) is 0 Å². The standard InChI is InChI=1S/C12H23N3/c1-8(2)6-14-12(13)15-7-10-5-11(10)9-3-4-9/h8-11H,3-7H2,1-2H3,(H3,13,14,15)/t10-,11-/m0/s1. The zero-order valence-corrected chi connectivity index (χ0v) is 9.87. The van der Waals surface area contributed by atoms with Gasteiger partial charge in [-0.25, -0.2) is 0 Å². The molecule has 2 atom stereocenters. The second-order valence-corrected chi connectivity index (χ2v) is 5.50. The van der Waals surface area contributed by atoms with Gasteiger partial charge in [-0.1, -0.05) is 13.8 Å². The predicted molar refractivity (Wildman–Crippen MR) is 63.7 cm³/mol.